The lowest BCUT2D eigenvalue weighted by Gasteiger charge is -2.15. The molecule has 0 rings (SSSR count). The standard InChI is InChI=1S/C85H134O5/c1-3-5-7-9-11-13-15-17-19-21-23-25-27-29-31-33-35-37-39-40-41-42-43-44-46-48-50-52-54-56-58-60-62-64-66-68-70-72-74-76-78-80-85(88)90-83(81-86)82-89-84(87)79-77-75-73-71-69-67-65-63-61-59-57-55-53-51-49-47-45-38-36-34-32-30-28-26-24-22-20-18-16-14-12-10-8-6-4-2/h5-8,11-14,17-20,23-26,29-32,35-38,40-41,43-44,47-50,53,55,83,86H,3-4,9-10,15-16,21-22,27-28,33-34,39,42,45-46,51-52,54,56-82H2,1-2H3/b7-5-,8-6-,13-11-,14-12-,19-17-,20-18-,25-23-,26-24-,31-29-,32-30-,37-35-,38-36-,41-40-,44-43-,49-47-,50-48-,55-53-. The first-order chi connectivity index (χ1) is 44.6. The second kappa shape index (κ2) is 77.7. The van der Waals surface area contributed by atoms with Crippen molar-refractivity contribution in [3.63, 3.8) is 0 Å². The van der Waals surface area contributed by atoms with E-state index in [1.165, 1.54) is 122 Å². The van der Waals surface area contributed by atoms with Crippen LogP contribution in [0.4, 0.5) is 0 Å². The molecule has 0 saturated carbocycles. The van der Waals surface area contributed by atoms with Crippen molar-refractivity contribution in [1.29, 1.82) is 0 Å². The molecule has 5 heteroatoms. The highest BCUT2D eigenvalue weighted by atomic mass is 16.6. The summed E-state index contributed by atoms with van der Waals surface area (Å²) in [5.41, 5.74) is 0. The molecule has 0 spiro atoms. The van der Waals surface area contributed by atoms with E-state index >= 15 is 0 Å². The summed E-state index contributed by atoms with van der Waals surface area (Å²) >= 11 is 0. The zero-order chi connectivity index (χ0) is 64.7. The van der Waals surface area contributed by atoms with Crippen LogP contribution in [-0.2, 0) is 19.1 Å². The highest BCUT2D eigenvalue weighted by Gasteiger charge is 2.16. The molecule has 0 amide bonds. The minimum Gasteiger partial charge on any atom is -0.462 e. The van der Waals surface area contributed by atoms with Gasteiger partial charge in [-0.3, -0.25) is 9.59 Å². The number of esters is 2. The number of carbonyl (C=O) groups excluding carboxylic acids is 2. The average Bonchev–Trinajstić information content (AvgIpc) is 3.60. The first-order valence-corrected chi connectivity index (χ1v) is 36.6. The molecule has 0 heterocycles. The van der Waals surface area contributed by atoms with E-state index in [0.29, 0.717) is 12.8 Å². The van der Waals surface area contributed by atoms with Crippen LogP contribution < -0.4 is 0 Å². The summed E-state index contributed by atoms with van der Waals surface area (Å²) in [5.74, 6) is -0.603. The average molecular weight is 1240 g/mol. The van der Waals surface area contributed by atoms with Crippen molar-refractivity contribution in [3.05, 3.63) is 207 Å². The molecule has 0 fully saturated rings. The highest BCUT2D eigenvalue weighted by molar-refractivity contribution is 5.70. The van der Waals surface area contributed by atoms with Crippen molar-refractivity contribution in [1.82, 2.24) is 0 Å². The van der Waals surface area contributed by atoms with Crippen LogP contribution in [0.2, 0.25) is 0 Å². The SMILES string of the molecule is CC/C=C\C/C=C\C/C=C\C/C=C\C/C=C\C/C=C\C/C=C\C/C=C\C/C=C\CCCCCCCCCCCCCCCC(=O)OC(CO)COC(=O)CCCCCCCCCCCC/C=C\C/C=C\C/C=C\C/C=C\C/C=C\C/C=C\C/C=C\C/C=C\CC. The van der Waals surface area contributed by atoms with E-state index < -0.39 is 6.10 Å². The fourth-order valence-corrected chi connectivity index (χ4v) is 9.68. The van der Waals surface area contributed by atoms with Gasteiger partial charge in [0.1, 0.15) is 6.61 Å². The van der Waals surface area contributed by atoms with Gasteiger partial charge in [-0.05, 0) is 148 Å². The number of rotatable bonds is 65. The maximum Gasteiger partial charge on any atom is 0.306 e. The Morgan fingerprint density at radius 3 is 0.667 bits per heavy atom. The molecular weight excluding hydrogens is 1100 g/mol. The fraction of sp³-hybridized carbons (Fsp3) is 0.576. The summed E-state index contributed by atoms with van der Waals surface area (Å²) in [6.07, 6.45) is 124. The van der Waals surface area contributed by atoms with Crippen LogP contribution in [0, 0.1) is 0 Å². The first kappa shape index (κ1) is 84.5. The Balaban J connectivity index is 3.57. The summed E-state index contributed by atoms with van der Waals surface area (Å²) in [7, 11) is 0. The van der Waals surface area contributed by atoms with E-state index in [4.69, 9.17) is 9.47 Å². The Morgan fingerprint density at radius 1 is 0.256 bits per heavy atom. The van der Waals surface area contributed by atoms with E-state index in [1.54, 1.807) is 0 Å². The van der Waals surface area contributed by atoms with E-state index in [1.807, 2.05) is 0 Å². The molecule has 5 nitrogen and oxygen atoms in total. The van der Waals surface area contributed by atoms with Crippen molar-refractivity contribution in [2.75, 3.05) is 13.2 Å². The third-order valence-electron chi connectivity index (χ3n) is 15.1. The van der Waals surface area contributed by atoms with Gasteiger partial charge in [0, 0.05) is 12.8 Å². The summed E-state index contributed by atoms with van der Waals surface area (Å²) < 4.78 is 10.8. The van der Waals surface area contributed by atoms with Gasteiger partial charge in [-0.15, -0.1) is 0 Å². The van der Waals surface area contributed by atoms with Crippen LogP contribution in [0.15, 0.2) is 207 Å². The number of unbranched alkanes of at least 4 members (excludes halogenated alkanes) is 23. The second-order valence-corrected chi connectivity index (χ2v) is 23.6. The second-order valence-electron chi connectivity index (χ2n) is 23.6. The fourth-order valence-electron chi connectivity index (χ4n) is 9.68. The van der Waals surface area contributed by atoms with E-state index in [-0.39, 0.29) is 25.2 Å². The number of hydrogen-bond acceptors (Lipinski definition) is 5. The Bertz CT molecular complexity index is 2090. The monoisotopic (exact) mass is 1240 g/mol. The molecule has 0 bridgehead atoms. The Morgan fingerprint density at radius 2 is 0.444 bits per heavy atom. The van der Waals surface area contributed by atoms with E-state index in [0.717, 1.165) is 148 Å². The molecule has 0 aromatic carbocycles. The lowest BCUT2D eigenvalue weighted by molar-refractivity contribution is -0.161. The first-order valence-electron chi connectivity index (χ1n) is 36.6. The Hall–Kier alpha value is -5.52. The number of carbonyl (C=O) groups is 2. The van der Waals surface area contributed by atoms with Crippen molar-refractivity contribution in [2.45, 2.75) is 302 Å². The van der Waals surface area contributed by atoms with Crippen LogP contribution in [0.1, 0.15) is 296 Å². The van der Waals surface area contributed by atoms with Crippen LogP contribution in [0.5, 0.6) is 0 Å². The molecular formula is C85H134O5. The third-order valence-corrected chi connectivity index (χ3v) is 15.1. The zero-order valence-electron chi connectivity index (χ0n) is 57.8. The molecule has 0 aliphatic heterocycles. The predicted octanol–water partition coefficient (Wildman–Crippen LogP) is 26.1. The lowest BCUT2D eigenvalue weighted by atomic mass is 10.0. The number of hydrogen-bond donors (Lipinski definition) is 1. The quantitative estimate of drug-likeness (QED) is 0.0373. The third kappa shape index (κ3) is 74.9. The maximum atomic E-state index is 12.4. The number of ether oxygens (including phenoxy) is 2. The van der Waals surface area contributed by atoms with E-state index in [9.17, 15) is 14.7 Å². The van der Waals surface area contributed by atoms with Crippen LogP contribution >= 0.6 is 0 Å². The lowest BCUT2D eigenvalue weighted by Crippen LogP contribution is -2.28. The van der Waals surface area contributed by atoms with Gasteiger partial charge in [0.05, 0.1) is 6.61 Å². The Labute approximate surface area is 555 Å². The molecule has 0 radical (unpaired) electrons. The number of aliphatic hydroxyl groups excluding tert-OH is 1. The predicted molar refractivity (Wildman–Crippen MR) is 398 cm³/mol. The van der Waals surface area contributed by atoms with Gasteiger partial charge in [-0.2, -0.15) is 0 Å². The van der Waals surface area contributed by atoms with Crippen molar-refractivity contribution < 1.29 is 24.2 Å². The molecule has 1 atom stereocenters. The summed E-state index contributed by atoms with van der Waals surface area (Å²) in [6.45, 7) is 3.91. The van der Waals surface area contributed by atoms with Crippen LogP contribution in [0.25, 0.3) is 0 Å². The summed E-state index contributed by atoms with van der Waals surface area (Å²) in [4.78, 5) is 24.7. The van der Waals surface area contributed by atoms with Gasteiger partial charge < -0.3 is 14.6 Å². The number of allylic oxidation sites excluding steroid dienone is 34. The largest absolute Gasteiger partial charge is 0.462 e. The maximum absolute atomic E-state index is 12.4. The van der Waals surface area contributed by atoms with Gasteiger partial charge in [0.2, 0.25) is 0 Å². The van der Waals surface area contributed by atoms with Gasteiger partial charge in [0.25, 0.3) is 0 Å². The van der Waals surface area contributed by atoms with Crippen LogP contribution in [0.3, 0.4) is 0 Å². The zero-order valence-corrected chi connectivity index (χ0v) is 57.8. The topological polar surface area (TPSA) is 72.8 Å². The Kier molecular flexibility index (Phi) is 73.0. The normalized spacial score (nSPS) is 13.5. The minimum atomic E-state index is -0.790. The smallest absolute Gasteiger partial charge is 0.306 e. The molecule has 504 valence electrons. The number of aliphatic hydroxyl groups is 1. The minimum absolute atomic E-state index is 0.0789. The summed E-state index contributed by atoms with van der Waals surface area (Å²) in [6, 6.07) is 0. The molecule has 0 aliphatic rings. The molecule has 0 aliphatic carbocycles. The van der Waals surface area contributed by atoms with Crippen molar-refractivity contribution >= 4 is 11.9 Å². The molecule has 0 aromatic heterocycles. The molecule has 90 heavy (non-hydrogen) atoms. The molecule has 0 saturated heterocycles. The van der Waals surface area contributed by atoms with E-state index in [2.05, 4.69) is 220 Å². The van der Waals surface area contributed by atoms with Gasteiger partial charge in [0.15, 0.2) is 6.10 Å². The van der Waals surface area contributed by atoms with Gasteiger partial charge >= 0.3 is 11.9 Å². The van der Waals surface area contributed by atoms with Crippen LogP contribution in [-0.4, -0.2) is 36.4 Å². The van der Waals surface area contributed by atoms with Gasteiger partial charge in [-0.25, -0.2) is 0 Å². The van der Waals surface area contributed by atoms with Crippen molar-refractivity contribution in [3.8, 4) is 0 Å². The summed E-state index contributed by atoms with van der Waals surface area (Å²) in [5, 5.41) is 9.72. The molecule has 0 aromatic rings. The molecule has 1 N–H and O–H groups in total. The highest BCUT2D eigenvalue weighted by Crippen LogP contribution is 2.16. The molecule has 1 unspecified atom stereocenters. The van der Waals surface area contributed by atoms with Crippen molar-refractivity contribution in [2.24, 2.45) is 0 Å². The van der Waals surface area contributed by atoms with Gasteiger partial charge in [-0.1, -0.05) is 342 Å².